The van der Waals surface area contributed by atoms with Crippen LogP contribution in [0.25, 0.3) is 0 Å². The number of urea groups is 1. The number of rotatable bonds is 6. The van der Waals surface area contributed by atoms with E-state index in [1.807, 2.05) is 0 Å². The van der Waals surface area contributed by atoms with Crippen LogP contribution in [0.1, 0.15) is 36.7 Å². The van der Waals surface area contributed by atoms with Crippen LogP contribution in [0.4, 0.5) is 14.9 Å². The molecule has 2 N–H and O–H groups in total. The van der Waals surface area contributed by atoms with Crippen LogP contribution in [-0.2, 0) is 15.1 Å². The number of anilines is 1. The number of nitrogens with one attached hydrogen (secondary N) is 2. The molecule has 8 heteroatoms. The van der Waals surface area contributed by atoms with Crippen molar-refractivity contribution in [3.05, 3.63) is 65.5 Å². The zero-order chi connectivity index (χ0) is 22.1. The van der Waals surface area contributed by atoms with Gasteiger partial charge >= 0.3 is 6.03 Å². The summed E-state index contributed by atoms with van der Waals surface area (Å²) < 4.78 is 13.2. The Morgan fingerprint density at radius 2 is 1.67 bits per heavy atom. The molecule has 3 rings (SSSR count). The Bertz CT molecular complexity index is 1000. The zero-order valence-electron chi connectivity index (χ0n) is 16.9. The van der Waals surface area contributed by atoms with Crippen LogP contribution in [0.3, 0.4) is 0 Å². The number of ketones is 1. The molecule has 0 spiro atoms. The van der Waals surface area contributed by atoms with Crippen molar-refractivity contribution in [3.63, 3.8) is 0 Å². The van der Waals surface area contributed by atoms with E-state index in [1.54, 1.807) is 26.0 Å². The second-order valence-corrected chi connectivity index (χ2v) is 7.60. The normalized spacial score (nSPS) is 18.5. The van der Waals surface area contributed by atoms with Gasteiger partial charge in [-0.1, -0.05) is 26.0 Å². The highest BCUT2D eigenvalue weighted by molar-refractivity contribution is 6.11. The lowest BCUT2D eigenvalue weighted by molar-refractivity contribution is -0.130. The number of halogens is 1. The third-order valence-corrected chi connectivity index (χ3v) is 5.00. The fourth-order valence-electron chi connectivity index (χ4n) is 3.08. The maximum absolute atomic E-state index is 13.2. The van der Waals surface area contributed by atoms with Crippen LogP contribution in [-0.4, -0.2) is 35.1 Å². The lowest BCUT2D eigenvalue weighted by atomic mass is 9.92. The second-order valence-electron chi connectivity index (χ2n) is 7.60. The van der Waals surface area contributed by atoms with E-state index in [0.717, 1.165) is 4.90 Å². The van der Waals surface area contributed by atoms with Crippen molar-refractivity contribution < 1.29 is 23.6 Å². The van der Waals surface area contributed by atoms with Crippen molar-refractivity contribution in [2.75, 3.05) is 11.9 Å². The molecule has 1 saturated heterocycles. The minimum Gasteiger partial charge on any atom is -0.326 e. The fourth-order valence-corrected chi connectivity index (χ4v) is 3.08. The summed E-state index contributed by atoms with van der Waals surface area (Å²) in [6.45, 7) is 4.62. The molecule has 0 bridgehead atoms. The quantitative estimate of drug-likeness (QED) is 0.564. The standard InChI is InChI=1S/C22H22FN3O4/c1-13(2)19(28)24-17-10-4-14(5-11-17)18(27)12-26-20(29)22(3,25-21(26)30)15-6-8-16(23)9-7-15/h4-11,13H,12H2,1-3H3,(H,24,28)(H,25,30). The number of carbonyl (C=O) groups is 4. The van der Waals surface area contributed by atoms with Gasteiger partial charge in [0.05, 0.1) is 6.54 Å². The highest BCUT2D eigenvalue weighted by Gasteiger charge is 2.49. The van der Waals surface area contributed by atoms with Crippen molar-refractivity contribution >= 4 is 29.3 Å². The van der Waals surface area contributed by atoms with E-state index in [9.17, 15) is 23.6 Å². The SMILES string of the molecule is CC(C)C(=O)Nc1ccc(C(=O)CN2C(=O)NC(C)(c3ccc(F)cc3)C2=O)cc1. The number of hydrogen-bond donors (Lipinski definition) is 2. The Kier molecular flexibility index (Phi) is 5.69. The molecule has 1 fully saturated rings. The molecule has 0 saturated carbocycles. The molecule has 4 amide bonds. The molecule has 7 nitrogen and oxygen atoms in total. The number of hydrogen-bond acceptors (Lipinski definition) is 4. The fraction of sp³-hybridized carbons (Fsp3) is 0.273. The molecule has 156 valence electrons. The van der Waals surface area contributed by atoms with Gasteiger partial charge in [-0.15, -0.1) is 0 Å². The van der Waals surface area contributed by atoms with Gasteiger partial charge in [-0.25, -0.2) is 9.18 Å². The van der Waals surface area contributed by atoms with E-state index in [2.05, 4.69) is 10.6 Å². The Balaban J connectivity index is 1.72. The van der Waals surface area contributed by atoms with Gasteiger partial charge in [0.2, 0.25) is 5.91 Å². The summed E-state index contributed by atoms with van der Waals surface area (Å²) in [4.78, 5) is 50.4. The minimum atomic E-state index is -1.38. The smallest absolute Gasteiger partial charge is 0.325 e. The molecule has 0 radical (unpaired) electrons. The van der Waals surface area contributed by atoms with Crippen LogP contribution in [0, 0.1) is 11.7 Å². The molecule has 2 aromatic rings. The van der Waals surface area contributed by atoms with Crippen LogP contribution in [0.5, 0.6) is 0 Å². The Hall–Kier alpha value is -3.55. The maximum atomic E-state index is 13.2. The largest absolute Gasteiger partial charge is 0.326 e. The monoisotopic (exact) mass is 411 g/mol. The van der Waals surface area contributed by atoms with Crippen LogP contribution >= 0.6 is 0 Å². The molecular formula is C22H22FN3O4. The van der Waals surface area contributed by atoms with Crippen molar-refractivity contribution in [1.29, 1.82) is 0 Å². The Morgan fingerprint density at radius 3 is 2.23 bits per heavy atom. The Labute approximate surface area is 173 Å². The molecule has 1 atom stereocenters. The lowest BCUT2D eigenvalue weighted by Crippen LogP contribution is -2.41. The van der Waals surface area contributed by atoms with Crippen molar-refractivity contribution in [2.24, 2.45) is 5.92 Å². The van der Waals surface area contributed by atoms with Crippen LogP contribution < -0.4 is 10.6 Å². The third kappa shape index (κ3) is 4.07. The van der Waals surface area contributed by atoms with E-state index in [1.165, 1.54) is 43.3 Å². The summed E-state index contributed by atoms with van der Waals surface area (Å²) in [5, 5.41) is 5.30. The molecule has 1 heterocycles. The first-order chi connectivity index (χ1) is 14.1. The number of benzene rings is 2. The summed E-state index contributed by atoms with van der Waals surface area (Å²) in [7, 11) is 0. The molecule has 30 heavy (non-hydrogen) atoms. The van der Waals surface area contributed by atoms with Gasteiger partial charge in [0, 0.05) is 17.2 Å². The zero-order valence-corrected chi connectivity index (χ0v) is 16.9. The third-order valence-electron chi connectivity index (χ3n) is 5.00. The van der Waals surface area contributed by atoms with E-state index in [4.69, 9.17) is 0 Å². The molecular weight excluding hydrogens is 389 g/mol. The first-order valence-corrected chi connectivity index (χ1v) is 9.46. The van der Waals surface area contributed by atoms with E-state index in [-0.39, 0.29) is 11.8 Å². The second kappa shape index (κ2) is 8.06. The summed E-state index contributed by atoms with van der Waals surface area (Å²) in [5.74, 6) is -1.80. The average molecular weight is 411 g/mol. The molecule has 0 aromatic heterocycles. The van der Waals surface area contributed by atoms with Gasteiger partial charge in [0.15, 0.2) is 5.78 Å². The van der Waals surface area contributed by atoms with Gasteiger partial charge in [0.25, 0.3) is 5.91 Å². The van der Waals surface area contributed by atoms with E-state index in [0.29, 0.717) is 16.8 Å². The predicted octanol–water partition coefficient (Wildman–Crippen LogP) is 3.07. The van der Waals surface area contributed by atoms with E-state index >= 15 is 0 Å². The molecule has 0 aliphatic carbocycles. The van der Waals surface area contributed by atoms with Gasteiger partial charge < -0.3 is 10.6 Å². The van der Waals surface area contributed by atoms with Gasteiger partial charge in [-0.05, 0) is 48.9 Å². The molecule has 2 aromatic carbocycles. The highest BCUT2D eigenvalue weighted by Crippen LogP contribution is 2.29. The van der Waals surface area contributed by atoms with Crippen molar-refractivity contribution in [2.45, 2.75) is 26.3 Å². The summed E-state index contributed by atoms with van der Waals surface area (Å²) in [5.41, 5.74) is -0.115. The predicted molar refractivity (Wildman–Crippen MR) is 108 cm³/mol. The van der Waals surface area contributed by atoms with Gasteiger partial charge in [-0.3, -0.25) is 19.3 Å². The molecule has 1 unspecified atom stereocenters. The maximum Gasteiger partial charge on any atom is 0.325 e. The first kappa shape index (κ1) is 21.2. The summed E-state index contributed by atoms with van der Waals surface area (Å²) in [6, 6.07) is 10.8. The van der Waals surface area contributed by atoms with Gasteiger partial charge in [0.1, 0.15) is 11.4 Å². The first-order valence-electron chi connectivity index (χ1n) is 9.46. The summed E-state index contributed by atoms with van der Waals surface area (Å²) >= 11 is 0. The van der Waals surface area contributed by atoms with Crippen molar-refractivity contribution in [1.82, 2.24) is 10.2 Å². The topological polar surface area (TPSA) is 95.6 Å². The van der Waals surface area contributed by atoms with Crippen molar-refractivity contribution in [3.8, 4) is 0 Å². The number of imide groups is 1. The number of amides is 4. The minimum absolute atomic E-state index is 0.145. The number of nitrogens with zero attached hydrogens (tertiary/aromatic N) is 1. The highest BCUT2D eigenvalue weighted by atomic mass is 19.1. The number of Topliss-reactive ketones (excluding diaryl/α,β-unsaturated/α-hetero) is 1. The van der Waals surface area contributed by atoms with E-state index < -0.39 is 35.6 Å². The Morgan fingerprint density at radius 1 is 1.07 bits per heavy atom. The van der Waals surface area contributed by atoms with Crippen LogP contribution in [0.2, 0.25) is 0 Å². The molecule has 1 aliphatic heterocycles. The van der Waals surface area contributed by atoms with Crippen LogP contribution in [0.15, 0.2) is 48.5 Å². The number of carbonyl (C=O) groups excluding carboxylic acids is 4. The lowest BCUT2D eigenvalue weighted by Gasteiger charge is -2.22. The summed E-state index contributed by atoms with van der Waals surface area (Å²) in [6.07, 6.45) is 0. The van der Waals surface area contributed by atoms with Gasteiger partial charge in [-0.2, -0.15) is 0 Å². The molecule has 1 aliphatic rings. The average Bonchev–Trinajstić information content (AvgIpc) is 2.92.